The lowest BCUT2D eigenvalue weighted by Gasteiger charge is -2.09. The molecule has 0 saturated carbocycles. The second kappa shape index (κ2) is 4.89. The maximum Gasteiger partial charge on any atom is 0.125 e. The summed E-state index contributed by atoms with van der Waals surface area (Å²) < 4.78 is 0. The summed E-state index contributed by atoms with van der Waals surface area (Å²) in [5, 5.41) is 11.9. The van der Waals surface area contributed by atoms with Crippen LogP contribution in [0, 0.1) is 6.92 Å². The topological polar surface area (TPSA) is 58.0 Å². The third-order valence-electron chi connectivity index (χ3n) is 1.74. The van der Waals surface area contributed by atoms with Crippen LogP contribution in [0.15, 0.2) is 12.3 Å². The molecule has 0 saturated heterocycles. The van der Waals surface area contributed by atoms with Gasteiger partial charge in [0.15, 0.2) is 0 Å². The summed E-state index contributed by atoms with van der Waals surface area (Å²) in [7, 11) is 0. The molecular formula is C9H15N3O. The summed E-state index contributed by atoms with van der Waals surface area (Å²) in [4.78, 5) is 8.22. The highest BCUT2D eigenvalue weighted by molar-refractivity contribution is 5.01. The molecule has 0 aliphatic carbocycles. The lowest BCUT2D eigenvalue weighted by Crippen LogP contribution is -2.29. The standard InChI is InChI=1S/C9H15N3O/c1-7(6-13)11-5-9-3-4-10-8(2)12-9/h3-4,7,11,13H,5-6H2,1-2H3. The van der Waals surface area contributed by atoms with Crippen LogP contribution in [0.4, 0.5) is 0 Å². The molecule has 1 heterocycles. The molecule has 1 atom stereocenters. The number of rotatable bonds is 4. The molecule has 1 rings (SSSR count). The number of aliphatic hydroxyl groups excluding tert-OH is 1. The van der Waals surface area contributed by atoms with Gasteiger partial charge in [0.05, 0.1) is 12.3 Å². The fourth-order valence-corrected chi connectivity index (χ4v) is 0.947. The van der Waals surface area contributed by atoms with Crippen LogP contribution < -0.4 is 5.32 Å². The van der Waals surface area contributed by atoms with E-state index < -0.39 is 0 Å². The molecule has 1 aromatic heterocycles. The van der Waals surface area contributed by atoms with Crippen LogP contribution in [0.2, 0.25) is 0 Å². The molecule has 4 nitrogen and oxygen atoms in total. The third kappa shape index (κ3) is 3.48. The number of aromatic nitrogens is 2. The van der Waals surface area contributed by atoms with Gasteiger partial charge in [0.25, 0.3) is 0 Å². The van der Waals surface area contributed by atoms with Crippen LogP contribution in [-0.2, 0) is 6.54 Å². The Kier molecular flexibility index (Phi) is 3.79. The van der Waals surface area contributed by atoms with Gasteiger partial charge in [0.2, 0.25) is 0 Å². The van der Waals surface area contributed by atoms with Crippen molar-refractivity contribution in [1.82, 2.24) is 15.3 Å². The van der Waals surface area contributed by atoms with Crippen molar-refractivity contribution >= 4 is 0 Å². The maximum atomic E-state index is 8.77. The molecule has 0 bridgehead atoms. The normalized spacial score (nSPS) is 12.8. The number of aliphatic hydroxyl groups is 1. The Morgan fingerprint density at radius 3 is 3.00 bits per heavy atom. The Morgan fingerprint density at radius 2 is 2.38 bits per heavy atom. The number of hydrogen-bond donors (Lipinski definition) is 2. The fraction of sp³-hybridized carbons (Fsp3) is 0.556. The Balaban J connectivity index is 2.45. The van der Waals surface area contributed by atoms with Gasteiger partial charge in [0.1, 0.15) is 5.82 Å². The van der Waals surface area contributed by atoms with Gasteiger partial charge < -0.3 is 10.4 Å². The molecule has 4 heteroatoms. The van der Waals surface area contributed by atoms with Gasteiger partial charge in [-0.25, -0.2) is 9.97 Å². The van der Waals surface area contributed by atoms with Crippen LogP contribution in [0.5, 0.6) is 0 Å². The highest BCUT2D eigenvalue weighted by atomic mass is 16.3. The van der Waals surface area contributed by atoms with E-state index >= 15 is 0 Å². The molecule has 0 spiro atoms. The zero-order valence-electron chi connectivity index (χ0n) is 7.99. The van der Waals surface area contributed by atoms with E-state index in [0.29, 0.717) is 6.54 Å². The van der Waals surface area contributed by atoms with E-state index in [9.17, 15) is 0 Å². The Morgan fingerprint density at radius 1 is 1.62 bits per heavy atom. The van der Waals surface area contributed by atoms with Crippen molar-refractivity contribution in [3.05, 3.63) is 23.8 Å². The zero-order valence-corrected chi connectivity index (χ0v) is 7.99. The van der Waals surface area contributed by atoms with E-state index in [2.05, 4.69) is 15.3 Å². The first-order valence-corrected chi connectivity index (χ1v) is 4.35. The average molecular weight is 181 g/mol. The lowest BCUT2D eigenvalue weighted by molar-refractivity contribution is 0.250. The van der Waals surface area contributed by atoms with E-state index in [0.717, 1.165) is 11.5 Å². The number of hydrogen-bond acceptors (Lipinski definition) is 4. The number of nitrogens with one attached hydrogen (secondary N) is 1. The molecule has 0 aliphatic rings. The summed E-state index contributed by atoms with van der Waals surface area (Å²) in [6, 6.07) is 1.97. The first kappa shape index (κ1) is 10.1. The summed E-state index contributed by atoms with van der Waals surface area (Å²) >= 11 is 0. The largest absolute Gasteiger partial charge is 0.395 e. The fourth-order valence-electron chi connectivity index (χ4n) is 0.947. The molecule has 0 radical (unpaired) electrons. The average Bonchev–Trinajstić information content (AvgIpc) is 2.14. The molecule has 0 fully saturated rings. The Hall–Kier alpha value is -1.00. The summed E-state index contributed by atoms with van der Waals surface area (Å²) in [5.74, 6) is 0.774. The van der Waals surface area contributed by atoms with Crippen molar-refractivity contribution in [3.63, 3.8) is 0 Å². The molecule has 2 N–H and O–H groups in total. The second-order valence-corrected chi connectivity index (χ2v) is 3.06. The highest BCUT2D eigenvalue weighted by Gasteiger charge is 1.99. The first-order valence-electron chi connectivity index (χ1n) is 4.35. The Bertz CT molecular complexity index is 265. The van der Waals surface area contributed by atoms with E-state index in [-0.39, 0.29) is 12.6 Å². The minimum Gasteiger partial charge on any atom is -0.395 e. The van der Waals surface area contributed by atoms with Crippen LogP contribution >= 0.6 is 0 Å². The van der Waals surface area contributed by atoms with Gasteiger partial charge in [-0.1, -0.05) is 0 Å². The predicted molar refractivity (Wildman–Crippen MR) is 50.2 cm³/mol. The van der Waals surface area contributed by atoms with Gasteiger partial charge >= 0.3 is 0 Å². The molecular weight excluding hydrogens is 166 g/mol. The van der Waals surface area contributed by atoms with Gasteiger partial charge in [-0.3, -0.25) is 0 Å². The van der Waals surface area contributed by atoms with Crippen molar-refractivity contribution in [2.75, 3.05) is 6.61 Å². The summed E-state index contributed by atoms with van der Waals surface area (Å²) in [6.45, 7) is 4.60. The Labute approximate surface area is 78.0 Å². The monoisotopic (exact) mass is 181 g/mol. The first-order chi connectivity index (χ1) is 6.22. The van der Waals surface area contributed by atoms with Gasteiger partial charge in [0, 0.05) is 18.8 Å². The van der Waals surface area contributed by atoms with Gasteiger partial charge in [-0.2, -0.15) is 0 Å². The minimum atomic E-state index is 0.107. The van der Waals surface area contributed by atoms with Crippen molar-refractivity contribution in [2.45, 2.75) is 26.4 Å². The maximum absolute atomic E-state index is 8.77. The van der Waals surface area contributed by atoms with Crippen molar-refractivity contribution in [3.8, 4) is 0 Å². The highest BCUT2D eigenvalue weighted by Crippen LogP contribution is 1.94. The third-order valence-corrected chi connectivity index (χ3v) is 1.74. The zero-order chi connectivity index (χ0) is 9.68. The van der Waals surface area contributed by atoms with Gasteiger partial charge in [-0.05, 0) is 19.9 Å². The van der Waals surface area contributed by atoms with E-state index in [1.165, 1.54) is 0 Å². The molecule has 1 unspecified atom stereocenters. The molecule has 0 aromatic carbocycles. The van der Waals surface area contributed by atoms with Crippen molar-refractivity contribution < 1.29 is 5.11 Å². The van der Waals surface area contributed by atoms with Crippen LogP contribution in [0.25, 0.3) is 0 Å². The molecule has 0 aliphatic heterocycles. The lowest BCUT2D eigenvalue weighted by atomic mass is 10.3. The predicted octanol–water partition coefficient (Wildman–Crippen LogP) is 0.255. The SMILES string of the molecule is Cc1nccc(CNC(C)CO)n1. The van der Waals surface area contributed by atoms with Gasteiger partial charge in [-0.15, -0.1) is 0 Å². The molecule has 72 valence electrons. The smallest absolute Gasteiger partial charge is 0.125 e. The molecule has 13 heavy (non-hydrogen) atoms. The minimum absolute atomic E-state index is 0.107. The van der Waals surface area contributed by atoms with Crippen molar-refractivity contribution in [1.29, 1.82) is 0 Å². The molecule has 1 aromatic rings. The number of aryl methyl sites for hydroxylation is 1. The second-order valence-electron chi connectivity index (χ2n) is 3.06. The van der Waals surface area contributed by atoms with Crippen LogP contribution in [-0.4, -0.2) is 27.7 Å². The summed E-state index contributed by atoms with van der Waals surface area (Å²) in [6.07, 6.45) is 1.74. The van der Waals surface area contributed by atoms with Crippen molar-refractivity contribution in [2.24, 2.45) is 0 Å². The number of nitrogens with zero attached hydrogens (tertiary/aromatic N) is 2. The van der Waals surface area contributed by atoms with Crippen LogP contribution in [0.3, 0.4) is 0 Å². The molecule has 0 amide bonds. The van der Waals surface area contributed by atoms with Crippen LogP contribution in [0.1, 0.15) is 18.4 Å². The summed E-state index contributed by atoms with van der Waals surface area (Å²) in [5.41, 5.74) is 0.952. The quantitative estimate of drug-likeness (QED) is 0.699. The van der Waals surface area contributed by atoms with E-state index in [1.54, 1.807) is 6.20 Å². The van der Waals surface area contributed by atoms with E-state index in [4.69, 9.17) is 5.11 Å². The van der Waals surface area contributed by atoms with E-state index in [1.807, 2.05) is 19.9 Å².